The van der Waals surface area contributed by atoms with E-state index in [0.29, 0.717) is 22.7 Å². The predicted octanol–water partition coefficient (Wildman–Crippen LogP) is 5.52. The van der Waals surface area contributed by atoms with Gasteiger partial charge in [-0.1, -0.05) is 44.1 Å². The van der Waals surface area contributed by atoms with Gasteiger partial charge >= 0.3 is 0 Å². The largest absolute Gasteiger partial charge is 0.393 e. The first-order chi connectivity index (χ1) is 13.0. The molecule has 150 valence electrons. The molecule has 0 spiro atoms. The molecule has 2 saturated carbocycles. The summed E-state index contributed by atoms with van der Waals surface area (Å²) in [6.07, 6.45) is 14.8. The fourth-order valence-electron chi connectivity index (χ4n) is 8.21. The molecule has 1 heterocycles. The second-order valence-electron chi connectivity index (χ2n) is 10.8. The first-order valence-electron chi connectivity index (χ1n) is 11.6. The predicted molar refractivity (Wildman–Crippen MR) is 109 cm³/mol. The summed E-state index contributed by atoms with van der Waals surface area (Å²) in [7, 11) is 0. The van der Waals surface area contributed by atoms with Crippen molar-refractivity contribution < 1.29 is 9.84 Å². The van der Waals surface area contributed by atoms with E-state index in [0.717, 1.165) is 43.8 Å². The minimum absolute atomic E-state index is 0.102. The van der Waals surface area contributed by atoms with Crippen LogP contribution in [0.25, 0.3) is 0 Å². The third-order valence-electron chi connectivity index (χ3n) is 9.73. The molecule has 1 N–H and O–H groups in total. The number of hydrogen-bond acceptors (Lipinski definition) is 2. The maximum absolute atomic E-state index is 10.3. The van der Waals surface area contributed by atoms with Gasteiger partial charge in [-0.25, -0.2) is 0 Å². The van der Waals surface area contributed by atoms with Gasteiger partial charge in [0.25, 0.3) is 0 Å². The maximum atomic E-state index is 10.3. The highest BCUT2D eigenvalue weighted by Crippen LogP contribution is 2.67. The number of aliphatic hydroxyl groups excluding tert-OH is 1. The standard InChI is InChI=1S/C25H38O2/c1-4-16-13-18-14-19(26)7-10-24(18,2)22-8-11-25(3)20(17-9-12-27-15-17)5-6-21(25)23(16)22/h5,13,16-17,19,21-23,26H,4,6-12,14-15H2,1-3H3/t16-,17?,19?,21-,22-,23-,24-,25+/m0/s1. The highest BCUT2D eigenvalue weighted by molar-refractivity contribution is 5.32. The Hall–Kier alpha value is -0.600. The van der Waals surface area contributed by atoms with Gasteiger partial charge in [0.15, 0.2) is 0 Å². The van der Waals surface area contributed by atoms with Crippen LogP contribution in [0.5, 0.6) is 0 Å². The highest BCUT2D eigenvalue weighted by atomic mass is 16.5. The molecule has 8 atom stereocenters. The van der Waals surface area contributed by atoms with Crippen LogP contribution >= 0.6 is 0 Å². The summed E-state index contributed by atoms with van der Waals surface area (Å²) in [6.45, 7) is 9.45. The molecule has 2 heteroatoms. The molecule has 0 aromatic carbocycles. The van der Waals surface area contributed by atoms with Gasteiger partial charge in [-0.3, -0.25) is 0 Å². The molecule has 3 fully saturated rings. The molecule has 2 unspecified atom stereocenters. The summed E-state index contributed by atoms with van der Waals surface area (Å²) in [5.74, 6) is 3.86. The molecule has 0 aromatic rings. The number of allylic oxidation sites excluding steroid dienone is 2. The van der Waals surface area contributed by atoms with Crippen molar-refractivity contribution in [1.29, 1.82) is 0 Å². The van der Waals surface area contributed by atoms with Gasteiger partial charge in [-0.05, 0) is 85.9 Å². The molecule has 0 radical (unpaired) electrons. The monoisotopic (exact) mass is 370 g/mol. The summed E-state index contributed by atoms with van der Waals surface area (Å²) in [6, 6.07) is 0. The van der Waals surface area contributed by atoms with Gasteiger partial charge in [0, 0.05) is 12.5 Å². The quantitative estimate of drug-likeness (QED) is 0.649. The average molecular weight is 371 g/mol. The van der Waals surface area contributed by atoms with Crippen molar-refractivity contribution in [2.45, 2.75) is 78.2 Å². The number of hydrogen-bond donors (Lipinski definition) is 1. The normalized spacial score (nSPS) is 51.9. The van der Waals surface area contributed by atoms with Gasteiger partial charge in [0.2, 0.25) is 0 Å². The molecule has 1 saturated heterocycles. The third-order valence-corrected chi connectivity index (χ3v) is 9.73. The van der Waals surface area contributed by atoms with E-state index in [2.05, 4.69) is 32.9 Å². The van der Waals surface area contributed by atoms with Gasteiger partial charge in [0.1, 0.15) is 0 Å². The molecule has 27 heavy (non-hydrogen) atoms. The molecular formula is C25H38O2. The zero-order valence-electron chi connectivity index (χ0n) is 17.5. The van der Waals surface area contributed by atoms with Crippen LogP contribution in [0.2, 0.25) is 0 Å². The fourth-order valence-corrected chi connectivity index (χ4v) is 8.21. The lowest BCUT2D eigenvalue weighted by Crippen LogP contribution is -2.53. The van der Waals surface area contributed by atoms with E-state index in [4.69, 9.17) is 4.74 Å². The zero-order valence-corrected chi connectivity index (χ0v) is 17.5. The SMILES string of the molecule is CC[C@H]1C=C2CC(O)CC[C@]2(C)[C@H]2CC[C@]3(C)C(C4CCOC4)=CC[C@H]3[C@H]12. The second-order valence-corrected chi connectivity index (χ2v) is 10.8. The van der Waals surface area contributed by atoms with E-state index < -0.39 is 0 Å². The molecular weight excluding hydrogens is 332 g/mol. The van der Waals surface area contributed by atoms with Crippen molar-refractivity contribution in [1.82, 2.24) is 0 Å². The summed E-state index contributed by atoms with van der Waals surface area (Å²) >= 11 is 0. The van der Waals surface area contributed by atoms with E-state index in [1.165, 1.54) is 38.5 Å². The molecule has 2 nitrogen and oxygen atoms in total. The van der Waals surface area contributed by atoms with E-state index in [1.807, 2.05) is 0 Å². The van der Waals surface area contributed by atoms with Crippen LogP contribution in [-0.4, -0.2) is 24.4 Å². The van der Waals surface area contributed by atoms with Crippen LogP contribution in [0, 0.1) is 40.4 Å². The lowest BCUT2D eigenvalue weighted by molar-refractivity contribution is -0.0538. The number of rotatable bonds is 2. The van der Waals surface area contributed by atoms with E-state index >= 15 is 0 Å². The lowest BCUT2D eigenvalue weighted by atomic mass is 9.45. The Morgan fingerprint density at radius 1 is 1.11 bits per heavy atom. The average Bonchev–Trinajstić information content (AvgIpc) is 3.28. The van der Waals surface area contributed by atoms with E-state index in [1.54, 1.807) is 11.1 Å². The summed E-state index contributed by atoms with van der Waals surface area (Å²) in [5.41, 5.74) is 4.12. The van der Waals surface area contributed by atoms with E-state index in [-0.39, 0.29) is 6.10 Å². The molecule has 0 aromatic heterocycles. The fraction of sp³-hybridized carbons (Fsp3) is 0.840. The minimum Gasteiger partial charge on any atom is -0.393 e. The Bertz CT molecular complexity index is 657. The van der Waals surface area contributed by atoms with Crippen LogP contribution in [0.4, 0.5) is 0 Å². The van der Waals surface area contributed by atoms with Gasteiger partial charge in [-0.2, -0.15) is 0 Å². The molecule has 0 amide bonds. The van der Waals surface area contributed by atoms with Crippen molar-refractivity contribution >= 4 is 0 Å². The molecule has 1 aliphatic heterocycles. The summed E-state index contributed by atoms with van der Waals surface area (Å²) in [5, 5.41) is 10.3. The Morgan fingerprint density at radius 2 is 1.93 bits per heavy atom. The topological polar surface area (TPSA) is 29.5 Å². The molecule has 5 rings (SSSR count). The third kappa shape index (κ3) is 2.58. The molecule has 0 bridgehead atoms. The van der Waals surface area contributed by atoms with Crippen molar-refractivity contribution in [3.05, 3.63) is 23.3 Å². The Labute approximate surface area is 165 Å². The summed E-state index contributed by atoms with van der Waals surface area (Å²) in [4.78, 5) is 0. The number of aliphatic hydroxyl groups is 1. The van der Waals surface area contributed by atoms with Crippen LogP contribution in [0.1, 0.15) is 72.1 Å². The summed E-state index contributed by atoms with van der Waals surface area (Å²) < 4.78 is 5.77. The first-order valence-corrected chi connectivity index (χ1v) is 11.6. The maximum Gasteiger partial charge on any atom is 0.0577 e. The first kappa shape index (κ1) is 18.4. The molecule has 5 aliphatic rings. The zero-order chi connectivity index (χ0) is 18.8. The van der Waals surface area contributed by atoms with Crippen molar-refractivity contribution in [2.24, 2.45) is 40.4 Å². The highest BCUT2D eigenvalue weighted by Gasteiger charge is 2.59. The number of ether oxygens (including phenoxy) is 1. The number of fused-ring (bicyclic) bond motifs is 5. The van der Waals surface area contributed by atoms with Crippen LogP contribution < -0.4 is 0 Å². The minimum atomic E-state index is -0.102. The van der Waals surface area contributed by atoms with Gasteiger partial charge < -0.3 is 9.84 Å². The van der Waals surface area contributed by atoms with Crippen molar-refractivity contribution in [3.8, 4) is 0 Å². The van der Waals surface area contributed by atoms with Crippen LogP contribution in [0.15, 0.2) is 23.3 Å². The van der Waals surface area contributed by atoms with Crippen molar-refractivity contribution in [3.63, 3.8) is 0 Å². The van der Waals surface area contributed by atoms with E-state index in [9.17, 15) is 5.11 Å². The Kier molecular flexibility index (Phi) is 4.41. The molecule has 4 aliphatic carbocycles. The Morgan fingerprint density at radius 3 is 2.67 bits per heavy atom. The smallest absolute Gasteiger partial charge is 0.0577 e. The van der Waals surface area contributed by atoms with Gasteiger partial charge in [0.05, 0.1) is 12.7 Å². The second kappa shape index (κ2) is 6.46. The lowest BCUT2D eigenvalue weighted by Gasteiger charge is -2.60. The Balaban J connectivity index is 1.50. The van der Waals surface area contributed by atoms with Crippen LogP contribution in [0.3, 0.4) is 0 Å². The van der Waals surface area contributed by atoms with Crippen molar-refractivity contribution in [2.75, 3.05) is 13.2 Å². The van der Waals surface area contributed by atoms with Crippen LogP contribution in [-0.2, 0) is 4.74 Å². The van der Waals surface area contributed by atoms with Gasteiger partial charge in [-0.15, -0.1) is 0 Å².